The van der Waals surface area contributed by atoms with Gasteiger partial charge in [0.1, 0.15) is 5.78 Å². The first-order chi connectivity index (χ1) is 9.93. The van der Waals surface area contributed by atoms with Crippen molar-refractivity contribution in [2.24, 2.45) is 24.8 Å². The van der Waals surface area contributed by atoms with Crippen molar-refractivity contribution in [1.29, 1.82) is 0 Å². The Morgan fingerprint density at radius 1 is 1.33 bits per heavy atom. The standard InChI is InChI=1S/C17H27ClN2O/c1-5-14-17(18)15(20(4)19-14)10-16(21)13-8-6-12(7-9-13)11(2)3/h11-13H,5-10H2,1-4H3. The van der Waals surface area contributed by atoms with E-state index in [0.717, 1.165) is 42.5 Å². The summed E-state index contributed by atoms with van der Waals surface area (Å²) in [5, 5.41) is 5.08. The van der Waals surface area contributed by atoms with Crippen LogP contribution in [0.3, 0.4) is 0 Å². The van der Waals surface area contributed by atoms with Crippen LogP contribution < -0.4 is 0 Å². The topological polar surface area (TPSA) is 34.9 Å². The van der Waals surface area contributed by atoms with Crippen LogP contribution in [0.5, 0.6) is 0 Å². The van der Waals surface area contributed by atoms with Gasteiger partial charge in [-0.25, -0.2) is 0 Å². The van der Waals surface area contributed by atoms with Gasteiger partial charge in [0, 0.05) is 13.0 Å². The zero-order valence-electron chi connectivity index (χ0n) is 13.7. The molecule has 4 heteroatoms. The minimum absolute atomic E-state index is 0.219. The molecular formula is C17H27ClN2O. The van der Waals surface area contributed by atoms with Crippen LogP contribution in [-0.2, 0) is 24.7 Å². The third-order valence-electron chi connectivity index (χ3n) is 5.01. The molecule has 0 unspecified atom stereocenters. The molecule has 118 valence electrons. The number of nitrogens with zero attached hydrogens (tertiary/aromatic N) is 2. The van der Waals surface area contributed by atoms with Crippen molar-refractivity contribution >= 4 is 17.4 Å². The molecular weight excluding hydrogens is 284 g/mol. The Balaban J connectivity index is 1.98. The maximum absolute atomic E-state index is 12.5. The van der Waals surface area contributed by atoms with E-state index in [1.54, 1.807) is 4.68 Å². The van der Waals surface area contributed by atoms with Gasteiger partial charge in [0.15, 0.2) is 0 Å². The van der Waals surface area contributed by atoms with E-state index in [9.17, 15) is 4.79 Å². The molecule has 1 saturated carbocycles. The lowest BCUT2D eigenvalue weighted by Gasteiger charge is -2.30. The highest BCUT2D eigenvalue weighted by Gasteiger charge is 2.28. The van der Waals surface area contributed by atoms with Crippen molar-refractivity contribution in [3.63, 3.8) is 0 Å². The Hall–Kier alpha value is -0.830. The monoisotopic (exact) mass is 310 g/mol. The van der Waals surface area contributed by atoms with Crippen LogP contribution in [0, 0.1) is 17.8 Å². The van der Waals surface area contributed by atoms with Gasteiger partial charge in [0.2, 0.25) is 0 Å². The van der Waals surface area contributed by atoms with Gasteiger partial charge in [-0.2, -0.15) is 5.10 Å². The van der Waals surface area contributed by atoms with Gasteiger partial charge in [-0.1, -0.05) is 32.4 Å². The summed E-state index contributed by atoms with van der Waals surface area (Å²) in [6.07, 6.45) is 5.69. The van der Waals surface area contributed by atoms with Crippen LogP contribution in [0.2, 0.25) is 5.02 Å². The maximum atomic E-state index is 12.5. The average molecular weight is 311 g/mol. The largest absolute Gasteiger partial charge is 0.299 e. The predicted octanol–water partition coefficient (Wildman–Crippen LogP) is 4.21. The SMILES string of the molecule is CCc1nn(C)c(CC(=O)C2CCC(C(C)C)CC2)c1Cl. The Morgan fingerprint density at radius 2 is 1.95 bits per heavy atom. The molecule has 1 aromatic heterocycles. The van der Waals surface area contributed by atoms with Crippen LogP contribution in [0.25, 0.3) is 0 Å². The van der Waals surface area contributed by atoms with Gasteiger partial charge >= 0.3 is 0 Å². The summed E-state index contributed by atoms with van der Waals surface area (Å²) in [5.41, 5.74) is 1.77. The smallest absolute Gasteiger partial charge is 0.141 e. The summed E-state index contributed by atoms with van der Waals surface area (Å²) < 4.78 is 1.78. The fourth-order valence-electron chi connectivity index (χ4n) is 3.43. The first-order valence-electron chi connectivity index (χ1n) is 8.17. The number of Topliss-reactive ketones (excluding diaryl/α,β-unsaturated/α-hetero) is 1. The van der Waals surface area contributed by atoms with Crippen molar-refractivity contribution in [3.8, 4) is 0 Å². The number of aromatic nitrogens is 2. The summed E-state index contributed by atoms with van der Waals surface area (Å²) in [5.74, 6) is 2.08. The number of hydrogen-bond donors (Lipinski definition) is 0. The molecule has 0 radical (unpaired) electrons. The van der Waals surface area contributed by atoms with Crippen LogP contribution in [0.4, 0.5) is 0 Å². The van der Waals surface area contributed by atoms with E-state index in [-0.39, 0.29) is 5.92 Å². The van der Waals surface area contributed by atoms with Gasteiger partial charge in [-0.15, -0.1) is 0 Å². The van der Waals surface area contributed by atoms with Gasteiger partial charge in [0.05, 0.1) is 22.8 Å². The van der Waals surface area contributed by atoms with Crippen LogP contribution >= 0.6 is 11.6 Å². The van der Waals surface area contributed by atoms with E-state index in [4.69, 9.17) is 11.6 Å². The average Bonchev–Trinajstić information content (AvgIpc) is 2.74. The summed E-state index contributed by atoms with van der Waals surface area (Å²) in [6.45, 7) is 6.61. The van der Waals surface area contributed by atoms with Crippen molar-refractivity contribution in [1.82, 2.24) is 9.78 Å². The molecule has 21 heavy (non-hydrogen) atoms. The van der Waals surface area contributed by atoms with Crippen molar-refractivity contribution in [2.45, 2.75) is 59.3 Å². The number of hydrogen-bond acceptors (Lipinski definition) is 2. The van der Waals surface area contributed by atoms with Gasteiger partial charge in [0.25, 0.3) is 0 Å². The molecule has 0 saturated heterocycles. The highest BCUT2D eigenvalue weighted by atomic mass is 35.5. The lowest BCUT2D eigenvalue weighted by molar-refractivity contribution is -0.123. The normalized spacial score (nSPS) is 22.8. The molecule has 0 spiro atoms. The Bertz CT molecular complexity index is 499. The molecule has 1 aromatic rings. The molecule has 1 fully saturated rings. The second-order valence-electron chi connectivity index (χ2n) is 6.68. The van der Waals surface area contributed by atoms with Crippen LogP contribution in [0.1, 0.15) is 57.8 Å². The van der Waals surface area contributed by atoms with Crippen molar-refractivity contribution in [2.75, 3.05) is 0 Å². The van der Waals surface area contributed by atoms with E-state index in [1.807, 2.05) is 14.0 Å². The number of carbonyl (C=O) groups is 1. The third kappa shape index (κ3) is 3.68. The summed E-state index contributed by atoms with van der Waals surface area (Å²) in [6, 6.07) is 0. The number of carbonyl (C=O) groups excluding carboxylic acids is 1. The minimum atomic E-state index is 0.219. The Morgan fingerprint density at radius 3 is 2.43 bits per heavy atom. The summed E-state index contributed by atoms with van der Waals surface area (Å²) in [4.78, 5) is 12.5. The molecule has 2 rings (SSSR count). The maximum Gasteiger partial charge on any atom is 0.141 e. The zero-order valence-corrected chi connectivity index (χ0v) is 14.4. The molecule has 0 atom stereocenters. The number of ketones is 1. The Labute approximate surface area is 133 Å². The summed E-state index contributed by atoms with van der Waals surface area (Å²) >= 11 is 6.34. The molecule has 3 nitrogen and oxygen atoms in total. The highest BCUT2D eigenvalue weighted by Crippen LogP contribution is 2.34. The fraction of sp³-hybridized carbons (Fsp3) is 0.765. The van der Waals surface area contributed by atoms with Gasteiger partial charge < -0.3 is 0 Å². The minimum Gasteiger partial charge on any atom is -0.299 e. The molecule has 0 aromatic carbocycles. The first-order valence-corrected chi connectivity index (χ1v) is 8.54. The van der Waals surface area contributed by atoms with Gasteiger partial charge in [-0.3, -0.25) is 9.48 Å². The molecule has 0 N–H and O–H groups in total. The molecule has 1 aliphatic rings. The van der Waals surface area contributed by atoms with Crippen molar-refractivity contribution < 1.29 is 4.79 Å². The quantitative estimate of drug-likeness (QED) is 0.816. The number of aryl methyl sites for hydroxylation is 2. The molecule has 1 heterocycles. The van der Waals surface area contributed by atoms with Crippen LogP contribution in [-0.4, -0.2) is 15.6 Å². The lowest BCUT2D eigenvalue weighted by atomic mass is 9.75. The highest BCUT2D eigenvalue weighted by molar-refractivity contribution is 6.32. The van der Waals surface area contributed by atoms with E-state index in [1.165, 1.54) is 12.8 Å². The lowest BCUT2D eigenvalue weighted by Crippen LogP contribution is -2.25. The zero-order chi connectivity index (χ0) is 15.6. The fourth-order valence-corrected chi connectivity index (χ4v) is 3.79. The summed E-state index contributed by atoms with van der Waals surface area (Å²) in [7, 11) is 1.88. The van der Waals surface area contributed by atoms with E-state index in [2.05, 4.69) is 18.9 Å². The van der Waals surface area contributed by atoms with E-state index < -0.39 is 0 Å². The molecule has 0 amide bonds. The van der Waals surface area contributed by atoms with Crippen LogP contribution in [0.15, 0.2) is 0 Å². The second-order valence-corrected chi connectivity index (χ2v) is 7.06. The molecule has 0 bridgehead atoms. The third-order valence-corrected chi connectivity index (χ3v) is 5.45. The number of halogens is 1. The van der Waals surface area contributed by atoms with E-state index >= 15 is 0 Å². The Kier molecular flexibility index (Phi) is 5.48. The first kappa shape index (κ1) is 16.5. The molecule has 0 aliphatic heterocycles. The van der Waals surface area contributed by atoms with Crippen molar-refractivity contribution in [3.05, 3.63) is 16.4 Å². The van der Waals surface area contributed by atoms with Gasteiger partial charge in [-0.05, 0) is 43.9 Å². The molecule has 1 aliphatic carbocycles. The van der Waals surface area contributed by atoms with E-state index in [0.29, 0.717) is 17.2 Å². The predicted molar refractivity (Wildman–Crippen MR) is 86.6 cm³/mol. The second kappa shape index (κ2) is 6.95. The number of rotatable bonds is 5.